The molecule has 0 fully saturated rings. The Balaban J connectivity index is 2.45. The third-order valence-corrected chi connectivity index (χ3v) is 2.86. The van der Waals surface area contributed by atoms with Crippen LogP contribution in [0.4, 0.5) is 0 Å². The number of hydrogen-bond acceptors (Lipinski definition) is 5. The molecule has 19 heavy (non-hydrogen) atoms. The summed E-state index contributed by atoms with van der Waals surface area (Å²) in [7, 11) is 1.71. The van der Waals surface area contributed by atoms with Crippen molar-refractivity contribution in [3.63, 3.8) is 0 Å². The number of rotatable bonds is 3. The SMILES string of the molecule is Cc1nn(C)c(Oc2cncc(Br)c2)c1C(N)=NO. The molecule has 0 aromatic carbocycles. The van der Waals surface area contributed by atoms with E-state index in [9.17, 15) is 0 Å². The fourth-order valence-electron chi connectivity index (χ4n) is 1.66. The summed E-state index contributed by atoms with van der Waals surface area (Å²) in [5, 5.41) is 16.0. The van der Waals surface area contributed by atoms with Gasteiger partial charge in [-0.2, -0.15) is 5.10 Å². The van der Waals surface area contributed by atoms with Gasteiger partial charge in [0.2, 0.25) is 5.88 Å². The van der Waals surface area contributed by atoms with Gasteiger partial charge in [0.15, 0.2) is 5.84 Å². The van der Waals surface area contributed by atoms with Gasteiger partial charge in [-0.3, -0.25) is 4.98 Å². The first-order chi connectivity index (χ1) is 9.02. The van der Waals surface area contributed by atoms with E-state index in [1.54, 1.807) is 32.4 Å². The Morgan fingerprint density at radius 2 is 2.26 bits per heavy atom. The van der Waals surface area contributed by atoms with Gasteiger partial charge in [-0.25, -0.2) is 4.68 Å². The number of nitrogens with two attached hydrogens (primary N) is 1. The van der Waals surface area contributed by atoms with Crippen molar-refractivity contribution in [3.05, 3.63) is 34.2 Å². The molecule has 2 aromatic heterocycles. The lowest BCUT2D eigenvalue weighted by molar-refractivity contribution is 0.318. The van der Waals surface area contributed by atoms with E-state index in [4.69, 9.17) is 15.7 Å². The molecule has 100 valence electrons. The number of oxime groups is 1. The van der Waals surface area contributed by atoms with Crippen molar-refractivity contribution in [3.8, 4) is 11.6 Å². The van der Waals surface area contributed by atoms with Crippen molar-refractivity contribution >= 4 is 21.8 Å². The lowest BCUT2D eigenvalue weighted by atomic mass is 10.2. The smallest absolute Gasteiger partial charge is 0.229 e. The molecule has 0 bridgehead atoms. The van der Waals surface area contributed by atoms with Crippen molar-refractivity contribution in [2.45, 2.75) is 6.92 Å². The second kappa shape index (κ2) is 5.27. The Hall–Kier alpha value is -2.09. The highest BCUT2D eigenvalue weighted by atomic mass is 79.9. The van der Waals surface area contributed by atoms with Crippen molar-refractivity contribution in [2.24, 2.45) is 17.9 Å². The molecule has 0 aliphatic rings. The highest BCUT2D eigenvalue weighted by molar-refractivity contribution is 9.10. The second-order valence-electron chi connectivity index (χ2n) is 3.82. The standard InChI is InChI=1S/C11H12BrN5O2/c1-6-9(10(13)16-18)11(17(2)15-6)19-8-3-7(12)4-14-5-8/h3-5,18H,1-2H3,(H2,13,16). The molecule has 2 aromatic rings. The molecule has 3 N–H and O–H groups in total. The van der Waals surface area contributed by atoms with Gasteiger partial charge in [0.1, 0.15) is 11.3 Å². The Morgan fingerprint density at radius 1 is 1.53 bits per heavy atom. The van der Waals surface area contributed by atoms with Crippen molar-refractivity contribution in [1.82, 2.24) is 14.8 Å². The van der Waals surface area contributed by atoms with Gasteiger partial charge in [-0.1, -0.05) is 5.16 Å². The molecule has 0 unspecified atom stereocenters. The van der Waals surface area contributed by atoms with Gasteiger partial charge < -0.3 is 15.7 Å². The monoisotopic (exact) mass is 325 g/mol. The summed E-state index contributed by atoms with van der Waals surface area (Å²) in [5.74, 6) is 0.848. The van der Waals surface area contributed by atoms with E-state index in [0.29, 0.717) is 22.9 Å². The molecule has 2 rings (SSSR count). The van der Waals surface area contributed by atoms with Crippen molar-refractivity contribution in [2.75, 3.05) is 0 Å². The van der Waals surface area contributed by atoms with E-state index in [1.807, 2.05) is 0 Å². The van der Waals surface area contributed by atoms with Crippen LogP contribution < -0.4 is 10.5 Å². The Labute approximate surface area is 117 Å². The van der Waals surface area contributed by atoms with Crippen molar-refractivity contribution in [1.29, 1.82) is 0 Å². The molecule has 0 amide bonds. The number of amidine groups is 1. The van der Waals surface area contributed by atoms with Crippen LogP contribution in [-0.4, -0.2) is 25.8 Å². The zero-order valence-corrected chi connectivity index (χ0v) is 11.9. The average molecular weight is 326 g/mol. The van der Waals surface area contributed by atoms with E-state index in [1.165, 1.54) is 4.68 Å². The minimum Gasteiger partial charge on any atom is -0.437 e. The van der Waals surface area contributed by atoms with Gasteiger partial charge in [0, 0.05) is 17.7 Å². The van der Waals surface area contributed by atoms with E-state index in [2.05, 4.69) is 31.2 Å². The summed E-state index contributed by atoms with van der Waals surface area (Å²) in [5.41, 5.74) is 6.69. The van der Waals surface area contributed by atoms with Crippen LogP contribution in [0.2, 0.25) is 0 Å². The molecule has 0 atom stereocenters. The number of pyridine rings is 1. The van der Waals surface area contributed by atoms with Crippen molar-refractivity contribution < 1.29 is 9.94 Å². The Kier molecular flexibility index (Phi) is 3.70. The van der Waals surface area contributed by atoms with E-state index in [0.717, 1.165) is 4.47 Å². The maximum absolute atomic E-state index is 8.81. The molecule has 0 radical (unpaired) electrons. The molecule has 0 saturated heterocycles. The number of aryl methyl sites for hydroxylation is 2. The van der Waals surface area contributed by atoms with Crippen LogP contribution in [0.1, 0.15) is 11.3 Å². The molecule has 0 spiro atoms. The molecule has 0 aliphatic carbocycles. The minimum absolute atomic E-state index is 0.0523. The predicted octanol–water partition coefficient (Wildman–Crippen LogP) is 1.77. The molecular formula is C11H12BrN5O2. The van der Waals surface area contributed by atoms with E-state index in [-0.39, 0.29) is 5.84 Å². The summed E-state index contributed by atoms with van der Waals surface area (Å²) in [6.07, 6.45) is 3.20. The fourth-order valence-corrected chi connectivity index (χ4v) is 2.00. The van der Waals surface area contributed by atoms with Crippen LogP contribution in [0, 0.1) is 6.92 Å². The summed E-state index contributed by atoms with van der Waals surface area (Å²) in [6, 6.07) is 1.76. The molecule has 0 saturated carbocycles. The van der Waals surface area contributed by atoms with Gasteiger partial charge in [-0.05, 0) is 28.9 Å². The highest BCUT2D eigenvalue weighted by Crippen LogP contribution is 2.27. The summed E-state index contributed by atoms with van der Waals surface area (Å²) >= 11 is 3.31. The largest absolute Gasteiger partial charge is 0.437 e. The summed E-state index contributed by atoms with van der Waals surface area (Å²) in [6.45, 7) is 1.75. The predicted molar refractivity (Wildman–Crippen MR) is 72.5 cm³/mol. The Morgan fingerprint density at radius 3 is 2.89 bits per heavy atom. The number of hydrogen-bond donors (Lipinski definition) is 2. The average Bonchev–Trinajstić information content (AvgIpc) is 2.63. The zero-order valence-electron chi connectivity index (χ0n) is 10.3. The Bertz CT molecular complexity index is 638. The zero-order chi connectivity index (χ0) is 14.0. The van der Waals surface area contributed by atoms with Gasteiger partial charge in [-0.15, -0.1) is 0 Å². The van der Waals surface area contributed by atoms with Gasteiger partial charge in [0.25, 0.3) is 0 Å². The maximum atomic E-state index is 8.81. The minimum atomic E-state index is -0.0523. The summed E-state index contributed by atoms with van der Waals surface area (Å²) < 4.78 is 8.00. The van der Waals surface area contributed by atoms with Crippen LogP contribution >= 0.6 is 15.9 Å². The van der Waals surface area contributed by atoms with Crippen LogP contribution in [0.25, 0.3) is 0 Å². The fraction of sp³-hybridized carbons (Fsp3) is 0.182. The molecule has 2 heterocycles. The molecule has 0 aliphatic heterocycles. The normalized spacial score (nSPS) is 11.6. The maximum Gasteiger partial charge on any atom is 0.229 e. The summed E-state index contributed by atoms with van der Waals surface area (Å²) in [4.78, 5) is 4.00. The number of aromatic nitrogens is 3. The first-order valence-corrected chi connectivity index (χ1v) is 6.12. The van der Waals surface area contributed by atoms with Crippen LogP contribution in [0.15, 0.2) is 28.1 Å². The highest BCUT2D eigenvalue weighted by Gasteiger charge is 2.19. The second-order valence-corrected chi connectivity index (χ2v) is 4.73. The first-order valence-electron chi connectivity index (χ1n) is 5.33. The molecular weight excluding hydrogens is 314 g/mol. The lowest BCUT2D eigenvalue weighted by Gasteiger charge is -2.07. The number of halogens is 1. The number of ether oxygens (including phenoxy) is 1. The van der Waals surface area contributed by atoms with Gasteiger partial charge in [0.05, 0.1) is 11.9 Å². The van der Waals surface area contributed by atoms with E-state index < -0.39 is 0 Å². The number of nitrogens with zero attached hydrogens (tertiary/aromatic N) is 4. The molecule has 7 nitrogen and oxygen atoms in total. The third-order valence-electron chi connectivity index (χ3n) is 2.43. The first kappa shape index (κ1) is 13.3. The molecule has 8 heteroatoms. The van der Waals surface area contributed by atoms with Crippen LogP contribution in [0.5, 0.6) is 11.6 Å². The van der Waals surface area contributed by atoms with E-state index >= 15 is 0 Å². The van der Waals surface area contributed by atoms with Crippen LogP contribution in [-0.2, 0) is 7.05 Å². The topological polar surface area (TPSA) is 98.5 Å². The van der Waals surface area contributed by atoms with Crippen LogP contribution in [0.3, 0.4) is 0 Å². The third kappa shape index (κ3) is 2.68. The quantitative estimate of drug-likeness (QED) is 0.388. The van der Waals surface area contributed by atoms with Gasteiger partial charge >= 0.3 is 0 Å². The lowest BCUT2D eigenvalue weighted by Crippen LogP contribution is -2.15.